The molecular formula is C13H20N4O3. The quantitative estimate of drug-likeness (QED) is 0.863. The van der Waals surface area contributed by atoms with Gasteiger partial charge in [0, 0.05) is 37.4 Å². The zero-order chi connectivity index (χ0) is 14.8. The molecule has 0 atom stereocenters. The third-order valence-corrected chi connectivity index (χ3v) is 3.44. The molecule has 0 unspecified atom stereocenters. The zero-order valence-electron chi connectivity index (χ0n) is 11.8. The van der Waals surface area contributed by atoms with Crippen LogP contribution in [-0.2, 0) is 17.9 Å². The van der Waals surface area contributed by atoms with Crippen LogP contribution in [0.1, 0.15) is 32.5 Å². The number of hydrogen-bond donors (Lipinski definition) is 2. The lowest BCUT2D eigenvalue weighted by Gasteiger charge is -2.33. The number of nitrogens with zero attached hydrogens (tertiary/aromatic N) is 3. The van der Waals surface area contributed by atoms with Crippen LogP contribution in [0.4, 0.5) is 4.79 Å². The maximum atomic E-state index is 12.2. The number of rotatable bonds is 4. The Hall–Kier alpha value is -2.05. The van der Waals surface area contributed by atoms with Gasteiger partial charge in [-0.1, -0.05) is 0 Å². The largest absolute Gasteiger partial charge is 0.481 e. The normalized spacial score (nSPS) is 14.8. The summed E-state index contributed by atoms with van der Waals surface area (Å²) in [5.74, 6) is 0.0158. The molecule has 0 fully saturated rings. The molecule has 1 aromatic rings. The molecule has 7 nitrogen and oxygen atoms in total. The van der Waals surface area contributed by atoms with Crippen LogP contribution in [-0.4, -0.2) is 43.6 Å². The molecule has 2 heterocycles. The highest BCUT2D eigenvalue weighted by molar-refractivity contribution is 5.75. The van der Waals surface area contributed by atoms with Crippen molar-refractivity contribution in [3.8, 4) is 0 Å². The smallest absolute Gasteiger partial charge is 0.318 e. The molecule has 0 radical (unpaired) electrons. The third kappa shape index (κ3) is 3.49. The standard InChI is InChI=1S/C13H20N4O3/c1-13(2,4-3-11(18)19)15-12(20)17-8-7-16-6-5-14-10(16)9-17/h5-6H,3-4,7-9H2,1-2H3,(H,15,20)(H,18,19). The summed E-state index contributed by atoms with van der Waals surface area (Å²) in [5, 5.41) is 11.6. The second kappa shape index (κ2) is 5.52. The van der Waals surface area contributed by atoms with Gasteiger partial charge in [-0.25, -0.2) is 9.78 Å². The van der Waals surface area contributed by atoms with E-state index in [0.29, 0.717) is 19.5 Å². The molecule has 0 bridgehead atoms. The summed E-state index contributed by atoms with van der Waals surface area (Å²) in [7, 11) is 0. The molecule has 0 saturated heterocycles. The number of aromatic nitrogens is 2. The fourth-order valence-corrected chi connectivity index (χ4v) is 2.20. The first-order valence-electron chi connectivity index (χ1n) is 6.66. The molecule has 110 valence electrons. The number of nitrogens with one attached hydrogen (secondary N) is 1. The van der Waals surface area contributed by atoms with Gasteiger partial charge in [-0.05, 0) is 20.3 Å². The predicted molar refractivity (Wildman–Crippen MR) is 72.1 cm³/mol. The van der Waals surface area contributed by atoms with Gasteiger partial charge in [-0.3, -0.25) is 4.79 Å². The molecule has 2 amide bonds. The van der Waals surface area contributed by atoms with Crippen molar-refractivity contribution in [1.82, 2.24) is 19.8 Å². The van der Waals surface area contributed by atoms with Crippen molar-refractivity contribution in [2.75, 3.05) is 6.54 Å². The summed E-state index contributed by atoms with van der Waals surface area (Å²) >= 11 is 0. The highest BCUT2D eigenvalue weighted by Crippen LogP contribution is 2.14. The third-order valence-electron chi connectivity index (χ3n) is 3.44. The number of carbonyl (C=O) groups is 2. The van der Waals surface area contributed by atoms with E-state index in [1.807, 2.05) is 24.6 Å². The van der Waals surface area contributed by atoms with E-state index in [4.69, 9.17) is 5.11 Å². The molecule has 0 saturated carbocycles. The number of imidazole rings is 1. The van der Waals surface area contributed by atoms with Gasteiger partial charge >= 0.3 is 12.0 Å². The lowest BCUT2D eigenvalue weighted by atomic mass is 9.99. The molecule has 1 aromatic heterocycles. The minimum absolute atomic E-state index is 0.0394. The summed E-state index contributed by atoms with van der Waals surface area (Å²) in [5.41, 5.74) is -0.539. The number of carboxylic acid groups (broad SMARTS) is 1. The van der Waals surface area contributed by atoms with Gasteiger partial charge in [0.25, 0.3) is 0 Å². The molecule has 0 spiro atoms. The SMILES string of the molecule is CC(C)(CCC(=O)O)NC(=O)N1CCn2ccnc2C1. The Morgan fingerprint density at radius 2 is 2.20 bits per heavy atom. The maximum absolute atomic E-state index is 12.2. The fourth-order valence-electron chi connectivity index (χ4n) is 2.20. The van der Waals surface area contributed by atoms with E-state index in [0.717, 1.165) is 12.4 Å². The van der Waals surface area contributed by atoms with E-state index in [2.05, 4.69) is 10.3 Å². The van der Waals surface area contributed by atoms with Gasteiger partial charge < -0.3 is 19.9 Å². The van der Waals surface area contributed by atoms with Crippen molar-refractivity contribution in [3.05, 3.63) is 18.2 Å². The summed E-state index contributed by atoms with van der Waals surface area (Å²) in [4.78, 5) is 28.7. The molecule has 0 aliphatic carbocycles. The van der Waals surface area contributed by atoms with E-state index < -0.39 is 11.5 Å². The number of urea groups is 1. The van der Waals surface area contributed by atoms with Gasteiger partial charge in [0.1, 0.15) is 5.82 Å². The minimum atomic E-state index is -0.854. The highest BCUT2D eigenvalue weighted by Gasteiger charge is 2.27. The second-order valence-corrected chi connectivity index (χ2v) is 5.67. The molecule has 7 heteroatoms. The molecular weight excluding hydrogens is 260 g/mol. The van der Waals surface area contributed by atoms with Crippen molar-refractivity contribution in [1.29, 1.82) is 0 Å². The van der Waals surface area contributed by atoms with Crippen LogP contribution in [0, 0.1) is 0 Å². The highest BCUT2D eigenvalue weighted by atomic mass is 16.4. The van der Waals surface area contributed by atoms with E-state index in [9.17, 15) is 9.59 Å². The van der Waals surface area contributed by atoms with Gasteiger partial charge in [0.05, 0.1) is 6.54 Å². The minimum Gasteiger partial charge on any atom is -0.481 e. The zero-order valence-corrected chi connectivity index (χ0v) is 11.8. The number of hydrogen-bond acceptors (Lipinski definition) is 3. The molecule has 1 aliphatic rings. The average Bonchev–Trinajstić information content (AvgIpc) is 2.83. The lowest BCUT2D eigenvalue weighted by molar-refractivity contribution is -0.137. The Labute approximate surface area is 117 Å². The van der Waals surface area contributed by atoms with Crippen LogP contribution >= 0.6 is 0 Å². The molecule has 20 heavy (non-hydrogen) atoms. The van der Waals surface area contributed by atoms with Crippen LogP contribution in [0.3, 0.4) is 0 Å². The number of fused-ring (bicyclic) bond motifs is 1. The van der Waals surface area contributed by atoms with Gasteiger partial charge in [-0.2, -0.15) is 0 Å². The summed E-state index contributed by atoms with van der Waals surface area (Å²) in [6.45, 7) is 5.51. The van der Waals surface area contributed by atoms with Crippen molar-refractivity contribution in [3.63, 3.8) is 0 Å². The number of aliphatic carboxylic acids is 1. The Morgan fingerprint density at radius 1 is 1.45 bits per heavy atom. The molecule has 2 rings (SSSR count). The van der Waals surface area contributed by atoms with Crippen molar-refractivity contribution >= 4 is 12.0 Å². The van der Waals surface area contributed by atoms with E-state index in [-0.39, 0.29) is 12.5 Å². The van der Waals surface area contributed by atoms with Crippen molar-refractivity contribution in [2.45, 2.75) is 45.3 Å². The van der Waals surface area contributed by atoms with Crippen molar-refractivity contribution < 1.29 is 14.7 Å². The van der Waals surface area contributed by atoms with E-state index in [1.54, 1.807) is 11.1 Å². The van der Waals surface area contributed by atoms with Crippen molar-refractivity contribution in [2.24, 2.45) is 0 Å². The van der Waals surface area contributed by atoms with Gasteiger partial charge in [0.2, 0.25) is 0 Å². The first-order valence-corrected chi connectivity index (χ1v) is 6.66. The number of carboxylic acids is 1. The van der Waals surface area contributed by atoms with Crippen LogP contribution < -0.4 is 5.32 Å². The molecule has 2 N–H and O–H groups in total. The van der Waals surface area contributed by atoms with Gasteiger partial charge in [-0.15, -0.1) is 0 Å². The Morgan fingerprint density at radius 3 is 2.90 bits per heavy atom. The Kier molecular flexibility index (Phi) is 3.96. The average molecular weight is 280 g/mol. The maximum Gasteiger partial charge on any atom is 0.318 e. The van der Waals surface area contributed by atoms with Crippen LogP contribution in [0.15, 0.2) is 12.4 Å². The van der Waals surface area contributed by atoms with Gasteiger partial charge in [0.15, 0.2) is 0 Å². The Bertz CT molecular complexity index is 509. The monoisotopic (exact) mass is 280 g/mol. The first-order chi connectivity index (χ1) is 9.37. The Balaban J connectivity index is 1.90. The number of carbonyl (C=O) groups excluding carboxylic acids is 1. The number of amides is 2. The second-order valence-electron chi connectivity index (χ2n) is 5.67. The van der Waals surface area contributed by atoms with Crippen LogP contribution in [0.2, 0.25) is 0 Å². The fraction of sp³-hybridized carbons (Fsp3) is 0.615. The summed E-state index contributed by atoms with van der Waals surface area (Å²) in [6.07, 6.45) is 4.07. The predicted octanol–water partition coefficient (Wildman–Crippen LogP) is 1.05. The molecule has 1 aliphatic heterocycles. The first kappa shape index (κ1) is 14.4. The molecule has 0 aromatic carbocycles. The summed E-state index contributed by atoms with van der Waals surface area (Å²) < 4.78 is 2.03. The van der Waals surface area contributed by atoms with E-state index >= 15 is 0 Å². The van der Waals surface area contributed by atoms with Crippen LogP contribution in [0.5, 0.6) is 0 Å². The topological polar surface area (TPSA) is 87.5 Å². The lowest BCUT2D eigenvalue weighted by Crippen LogP contribution is -2.51. The van der Waals surface area contributed by atoms with E-state index in [1.165, 1.54) is 0 Å². The van der Waals surface area contributed by atoms with Crippen LogP contribution in [0.25, 0.3) is 0 Å². The summed E-state index contributed by atoms with van der Waals surface area (Å²) in [6, 6.07) is -0.172.